The maximum atomic E-state index is 12.6. The van der Waals surface area contributed by atoms with Gasteiger partial charge in [-0.3, -0.25) is 0 Å². The van der Waals surface area contributed by atoms with Crippen LogP contribution in [0.5, 0.6) is 5.75 Å². The van der Waals surface area contributed by atoms with Crippen molar-refractivity contribution < 1.29 is 30.9 Å². The fourth-order valence-electron chi connectivity index (χ4n) is 1.81. The summed E-state index contributed by atoms with van der Waals surface area (Å²) in [7, 11) is -5.93. The average molecular weight is 378 g/mol. The van der Waals surface area contributed by atoms with Gasteiger partial charge in [0, 0.05) is 12.6 Å². The molecule has 0 radical (unpaired) electrons. The summed E-state index contributed by atoms with van der Waals surface area (Å²) in [4.78, 5) is 0. The van der Waals surface area contributed by atoms with Gasteiger partial charge in [-0.25, -0.2) is 4.52 Å². The van der Waals surface area contributed by atoms with E-state index >= 15 is 0 Å². The van der Waals surface area contributed by atoms with Gasteiger partial charge in [-0.1, -0.05) is 0 Å². The smallest absolute Gasteiger partial charge is 0.389 e. The molecule has 0 saturated heterocycles. The van der Waals surface area contributed by atoms with E-state index in [4.69, 9.17) is 5.26 Å². The zero-order valence-corrected chi connectivity index (χ0v) is 13.8. The van der Waals surface area contributed by atoms with Crippen molar-refractivity contribution in [3.05, 3.63) is 24.0 Å². The lowest BCUT2D eigenvalue weighted by Crippen LogP contribution is -2.30. The minimum atomic E-state index is -5.93. The van der Waals surface area contributed by atoms with E-state index in [2.05, 4.69) is 14.6 Å². The Labute approximate surface area is 140 Å². The Kier molecular flexibility index (Phi) is 4.58. The summed E-state index contributed by atoms with van der Waals surface area (Å²) in [5.41, 5.74) is -7.04. The number of hydrogen-bond donors (Lipinski definition) is 2. The van der Waals surface area contributed by atoms with Crippen molar-refractivity contribution in [1.82, 2.24) is 9.61 Å². The summed E-state index contributed by atoms with van der Waals surface area (Å²) in [6.45, 7) is 2.99. The number of aromatic nitrogens is 2. The molecule has 2 aromatic rings. The molecule has 2 aromatic heterocycles. The predicted octanol–water partition coefficient (Wildman–Crippen LogP) is 1.62. The van der Waals surface area contributed by atoms with Gasteiger partial charge in [-0.15, -0.1) is 0 Å². The van der Waals surface area contributed by atoms with E-state index in [1.807, 2.05) is 0 Å². The Morgan fingerprint density at radius 2 is 2.08 bits per heavy atom. The van der Waals surface area contributed by atoms with E-state index in [0.29, 0.717) is 0 Å². The van der Waals surface area contributed by atoms with Gasteiger partial charge < -0.3 is 14.6 Å². The van der Waals surface area contributed by atoms with Crippen molar-refractivity contribution in [3.63, 3.8) is 0 Å². The fourth-order valence-corrected chi connectivity index (χ4v) is 2.27. The second-order valence-electron chi connectivity index (χ2n) is 5.71. The molecule has 0 aromatic carbocycles. The first kappa shape index (κ1) is 18.8. The average Bonchev–Trinajstić information content (AvgIpc) is 2.86. The number of fused-ring (bicyclic) bond motifs is 1. The van der Waals surface area contributed by atoms with Crippen molar-refractivity contribution in [2.24, 2.45) is 0 Å². The van der Waals surface area contributed by atoms with E-state index in [9.17, 15) is 26.7 Å². The van der Waals surface area contributed by atoms with Crippen LogP contribution in [0.1, 0.15) is 19.4 Å². The number of aliphatic hydroxyl groups is 1. The van der Waals surface area contributed by atoms with E-state index in [-0.39, 0.29) is 23.3 Å². The highest BCUT2D eigenvalue weighted by molar-refractivity contribution is 7.88. The van der Waals surface area contributed by atoms with Gasteiger partial charge >= 0.3 is 15.6 Å². The Morgan fingerprint density at radius 1 is 1.44 bits per heavy atom. The Balaban J connectivity index is 2.55. The molecule has 0 atom stereocenters. The summed E-state index contributed by atoms with van der Waals surface area (Å²) >= 11 is 0. The summed E-state index contributed by atoms with van der Waals surface area (Å²) in [5, 5.41) is 25.2. The number of rotatable bonds is 5. The maximum absolute atomic E-state index is 12.6. The van der Waals surface area contributed by atoms with Crippen molar-refractivity contribution in [3.8, 4) is 11.8 Å². The SMILES string of the molecule is CC(C)(O)CNc1cc(OS(=O)(=O)C(F)(F)F)c2c(C#N)cnn2c1. The minimum Gasteiger partial charge on any atom is -0.389 e. The van der Waals surface area contributed by atoms with Gasteiger partial charge in [0.25, 0.3) is 0 Å². The van der Waals surface area contributed by atoms with Crippen LogP contribution in [-0.2, 0) is 10.1 Å². The van der Waals surface area contributed by atoms with Gasteiger partial charge in [0.2, 0.25) is 0 Å². The quantitative estimate of drug-likeness (QED) is 0.600. The van der Waals surface area contributed by atoms with Crippen LogP contribution >= 0.6 is 0 Å². The molecule has 136 valence electrons. The third kappa shape index (κ3) is 4.12. The number of nitrogens with zero attached hydrogens (tertiary/aromatic N) is 3. The van der Waals surface area contributed by atoms with Crippen LogP contribution < -0.4 is 9.50 Å². The molecule has 12 heteroatoms. The zero-order chi connectivity index (χ0) is 19.0. The topological polar surface area (TPSA) is 117 Å². The molecule has 0 spiro atoms. The van der Waals surface area contributed by atoms with E-state index < -0.39 is 27.0 Å². The maximum Gasteiger partial charge on any atom is 0.534 e. The lowest BCUT2D eigenvalue weighted by atomic mass is 10.1. The molecule has 0 aliphatic carbocycles. The molecule has 0 fully saturated rings. The van der Waals surface area contributed by atoms with Crippen LogP contribution in [0, 0.1) is 11.3 Å². The molecular formula is C13H13F3N4O4S. The second kappa shape index (κ2) is 6.08. The van der Waals surface area contributed by atoms with Gasteiger partial charge in [0.1, 0.15) is 17.1 Å². The monoisotopic (exact) mass is 378 g/mol. The second-order valence-corrected chi connectivity index (χ2v) is 7.24. The first-order valence-electron chi connectivity index (χ1n) is 6.72. The van der Waals surface area contributed by atoms with Gasteiger partial charge in [0.15, 0.2) is 5.75 Å². The molecule has 0 aliphatic rings. The van der Waals surface area contributed by atoms with Crippen LogP contribution in [0.4, 0.5) is 18.9 Å². The number of nitrogens with one attached hydrogen (secondary N) is 1. The number of halogens is 3. The highest BCUT2D eigenvalue weighted by Crippen LogP contribution is 2.32. The largest absolute Gasteiger partial charge is 0.534 e. The number of pyridine rings is 1. The van der Waals surface area contributed by atoms with Crippen molar-refractivity contribution in [2.45, 2.75) is 25.0 Å². The molecule has 2 rings (SSSR count). The summed E-state index contributed by atoms with van der Waals surface area (Å²) in [6.07, 6.45) is 2.37. The standard InChI is InChI=1S/C13H13F3N4O4S/c1-12(2,21)7-18-9-3-10(24-25(22,23)13(14,15)16)11-8(4-17)5-19-20(11)6-9/h3,5-6,18,21H,7H2,1-2H3. The fraction of sp³-hybridized carbons (Fsp3) is 0.385. The first-order chi connectivity index (χ1) is 11.3. The predicted molar refractivity (Wildman–Crippen MR) is 80.3 cm³/mol. The van der Waals surface area contributed by atoms with Crippen LogP contribution in [0.3, 0.4) is 0 Å². The van der Waals surface area contributed by atoms with E-state index in [1.165, 1.54) is 20.0 Å². The number of anilines is 1. The highest BCUT2D eigenvalue weighted by atomic mass is 32.2. The number of hydrogen-bond acceptors (Lipinski definition) is 7. The van der Waals surface area contributed by atoms with Crippen LogP contribution in [-0.4, -0.2) is 40.8 Å². The first-order valence-corrected chi connectivity index (χ1v) is 8.13. The van der Waals surface area contributed by atoms with Crippen molar-refractivity contribution >= 4 is 21.3 Å². The van der Waals surface area contributed by atoms with Crippen LogP contribution in [0.15, 0.2) is 18.5 Å². The van der Waals surface area contributed by atoms with E-state index in [0.717, 1.165) is 16.8 Å². The lowest BCUT2D eigenvalue weighted by Gasteiger charge is -2.19. The van der Waals surface area contributed by atoms with Gasteiger partial charge in [-0.2, -0.15) is 31.9 Å². The van der Waals surface area contributed by atoms with Crippen molar-refractivity contribution in [2.75, 3.05) is 11.9 Å². The third-order valence-corrected chi connectivity index (χ3v) is 3.87. The Morgan fingerprint density at radius 3 is 2.60 bits per heavy atom. The molecule has 25 heavy (non-hydrogen) atoms. The minimum absolute atomic E-state index is 0.0103. The molecule has 2 heterocycles. The van der Waals surface area contributed by atoms with Crippen LogP contribution in [0.25, 0.3) is 5.52 Å². The van der Waals surface area contributed by atoms with Gasteiger partial charge in [0.05, 0.1) is 23.7 Å². The molecule has 0 aliphatic heterocycles. The Hall–Kier alpha value is -2.52. The number of alkyl halides is 3. The summed E-state index contributed by atoms with van der Waals surface area (Å²) in [5.74, 6) is -0.716. The van der Waals surface area contributed by atoms with Gasteiger partial charge in [-0.05, 0) is 13.8 Å². The lowest BCUT2D eigenvalue weighted by molar-refractivity contribution is -0.0499. The molecule has 0 bridgehead atoms. The normalized spacial score (nSPS) is 12.8. The molecule has 0 unspecified atom stereocenters. The summed E-state index contributed by atoms with van der Waals surface area (Å²) in [6, 6.07) is 2.67. The molecular weight excluding hydrogens is 365 g/mol. The highest BCUT2D eigenvalue weighted by Gasteiger charge is 2.49. The molecule has 0 saturated carbocycles. The Bertz CT molecular complexity index is 939. The zero-order valence-electron chi connectivity index (χ0n) is 13.0. The molecule has 0 amide bonds. The van der Waals surface area contributed by atoms with Crippen LogP contribution in [0.2, 0.25) is 0 Å². The van der Waals surface area contributed by atoms with Crippen molar-refractivity contribution in [1.29, 1.82) is 5.26 Å². The number of nitriles is 1. The van der Waals surface area contributed by atoms with E-state index in [1.54, 1.807) is 6.07 Å². The molecule has 2 N–H and O–H groups in total. The summed E-state index contributed by atoms with van der Waals surface area (Å²) < 4.78 is 65.5. The molecule has 8 nitrogen and oxygen atoms in total. The third-order valence-electron chi connectivity index (χ3n) is 2.91.